The zero-order chi connectivity index (χ0) is 22.2. The Bertz CT molecular complexity index is 1340. The molecule has 0 spiro atoms. The van der Waals surface area contributed by atoms with E-state index in [1.807, 2.05) is 12.1 Å². The predicted octanol–water partition coefficient (Wildman–Crippen LogP) is 0.117. The quantitative estimate of drug-likeness (QED) is 0.315. The first kappa shape index (κ1) is 20.0. The molecule has 1 aliphatic rings. The molecule has 160 valence electrons. The zero-order valence-corrected chi connectivity index (χ0v) is 16.9. The molecule has 1 amide bonds. The fraction of sp³-hybridized carbons (Fsp3) is 0.143. The number of carbonyl (C=O) groups excluding carboxylic acids is 1. The van der Waals surface area contributed by atoms with Crippen LogP contribution in [0.15, 0.2) is 48.8 Å². The monoisotopic (exact) mass is 430 g/mol. The van der Waals surface area contributed by atoms with Crippen LogP contribution in [0.5, 0.6) is 5.75 Å². The van der Waals surface area contributed by atoms with Gasteiger partial charge in [0, 0.05) is 13.0 Å². The number of nitrogens with one attached hydrogen (secondary N) is 1. The number of anilines is 1. The van der Waals surface area contributed by atoms with Crippen LogP contribution >= 0.6 is 0 Å². The molecule has 0 fully saturated rings. The molecule has 10 nitrogen and oxygen atoms in total. The van der Waals surface area contributed by atoms with Crippen molar-refractivity contribution in [2.45, 2.75) is 13.0 Å². The fourth-order valence-corrected chi connectivity index (χ4v) is 3.74. The first-order valence-corrected chi connectivity index (χ1v) is 10.00. The molecule has 0 atom stereocenters. The van der Waals surface area contributed by atoms with E-state index in [2.05, 4.69) is 20.3 Å². The average Bonchev–Trinajstić information content (AvgIpc) is 3.44. The molecule has 3 aromatic heterocycles. The van der Waals surface area contributed by atoms with Crippen LogP contribution in [-0.2, 0) is 13.0 Å². The summed E-state index contributed by atoms with van der Waals surface area (Å²) < 4.78 is 7.35. The molecule has 4 aromatic rings. The summed E-state index contributed by atoms with van der Waals surface area (Å²) in [5.41, 5.74) is 9.00. The number of amides is 1. The minimum Gasteiger partial charge on any atom is -0.487 e. The third-order valence-corrected chi connectivity index (χ3v) is 5.27. The summed E-state index contributed by atoms with van der Waals surface area (Å²) in [4.78, 5) is 25.5. The Morgan fingerprint density at radius 3 is 2.88 bits per heavy atom. The molecule has 32 heavy (non-hydrogen) atoms. The van der Waals surface area contributed by atoms with E-state index in [1.54, 1.807) is 34.7 Å². The van der Waals surface area contributed by atoms with Crippen molar-refractivity contribution < 1.29 is 19.6 Å². The molecule has 0 saturated carbocycles. The van der Waals surface area contributed by atoms with Gasteiger partial charge in [-0.25, -0.2) is 15.0 Å². The van der Waals surface area contributed by atoms with Gasteiger partial charge in [-0.3, -0.25) is 9.20 Å². The van der Waals surface area contributed by atoms with Gasteiger partial charge in [0.2, 0.25) is 0 Å². The van der Waals surface area contributed by atoms with E-state index in [-0.39, 0.29) is 0 Å². The van der Waals surface area contributed by atoms with Crippen molar-refractivity contribution in [2.24, 2.45) is 5.73 Å². The van der Waals surface area contributed by atoms with E-state index in [1.165, 1.54) is 6.33 Å². The SMILES string of the molecule is NC(=O)c1cccc2c(-c3nc4c(c(NCc5cccc(B(O)O)c5)n3)OCC4)ncn12. The van der Waals surface area contributed by atoms with E-state index in [0.717, 1.165) is 11.3 Å². The zero-order valence-electron chi connectivity index (χ0n) is 16.9. The van der Waals surface area contributed by atoms with Gasteiger partial charge in [0.15, 0.2) is 17.4 Å². The van der Waals surface area contributed by atoms with Crippen LogP contribution in [0.3, 0.4) is 0 Å². The molecule has 0 bridgehead atoms. The summed E-state index contributed by atoms with van der Waals surface area (Å²) in [6, 6.07) is 12.2. The van der Waals surface area contributed by atoms with Crippen LogP contribution in [0.25, 0.3) is 17.0 Å². The number of hydrogen-bond donors (Lipinski definition) is 4. The van der Waals surface area contributed by atoms with Gasteiger partial charge in [-0.1, -0.05) is 30.3 Å². The van der Waals surface area contributed by atoms with Gasteiger partial charge < -0.3 is 25.8 Å². The summed E-state index contributed by atoms with van der Waals surface area (Å²) in [6.07, 6.45) is 2.17. The Hall–Kier alpha value is -3.96. The van der Waals surface area contributed by atoms with Crippen molar-refractivity contribution in [3.8, 4) is 17.3 Å². The molecule has 1 aromatic carbocycles. The molecular weight excluding hydrogens is 411 g/mol. The highest BCUT2D eigenvalue weighted by Gasteiger charge is 2.24. The lowest BCUT2D eigenvalue weighted by Crippen LogP contribution is -2.30. The van der Waals surface area contributed by atoms with Gasteiger partial charge in [-0.15, -0.1) is 0 Å². The largest absolute Gasteiger partial charge is 0.488 e. The number of pyridine rings is 1. The van der Waals surface area contributed by atoms with E-state index in [9.17, 15) is 14.8 Å². The number of ether oxygens (including phenoxy) is 1. The molecule has 0 aliphatic carbocycles. The summed E-state index contributed by atoms with van der Waals surface area (Å²) in [5, 5.41) is 22.1. The smallest absolute Gasteiger partial charge is 0.487 e. The summed E-state index contributed by atoms with van der Waals surface area (Å²) in [7, 11) is -1.53. The second-order valence-electron chi connectivity index (χ2n) is 7.37. The lowest BCUT2D eigenvalue weighted by molar-refractivity contribution is 0.0994. The molecule has 1 aliphatic heterocycles. The topological polar surface area (TPSA) is 148 Å². The Balaban J connectivity index is 1.52. The van der Waals surface area contributed by atoms with Crippen LogP contribution < -0.4 is 21.3 Å². The highest BCUT2D eigenvalue weighted by Crippen LogP contribution is 2.34. The van der Waals surface area contributed by atoms with Gasteiger partial charge in [0.1, 0.15) is 17.7 Å². The van der Waals surface area contributed by atoms with Crippen molar-refractivity contribution in [3.05, 3.63) is 65.7 Å². The predicted molar refractivity (Wildman–Crippen MR) is 118 cm³/mol. The van der Waals surface area contributed by atoms with Gasteiger partial charge in [0.25, 0.3) is 5.91 Å². The van der Waals surface area contributed by atoms with Crippen molar-refractivity contribution in [1.82, 2.24) is 19.4 Å². The first-order valence-electron chi connectivity index (χ1n) is 10.00. The lowest BCUT2D eigenvalue weighted by atomic mass is 9.80. The molecule has 0 saturated heterocycles. The Kier molecular flexibility index (Phi) is 4.96. The first-order chi connectivity index (χ1) is 15.5. The molecule has 4 heterocycles. The Morgan fingerprint density at radius 2 is 2.06 bits per heavy atom. The molecular formula is C21H19BN6O4. The molecule has 0 radical (unpaired) electrons. The van der Waals surface area contributed by atoms with Crippen LogP contribution in [0, 0.1) is 0 Å². The maximum Gasteiger partial charge on any atom is 0.488 e. The molecule has 5 N–H and O–H groups in total. The van der Waals surface area contributed by atoms with E-state index >= 15 is 0 Å². The van der Waals surface area contributed by atoms with Gasteiger partial charge in [-0.2, -0.15) is 0 Å². The highest BCUT2D eigenvalue weighted by atomic mass is 16.5. The molecule has 0 unspecified atom stereocenters. The number of nitrogens with two attached hydrogens (primary N) is 1. The third-order valence-electron chi connectivity index (χ3n) is 5.27. The summed E-state index contributed by atoms with van der Waals surface area (Å²) in [5.74, 6) is 0.957. The maximum atomic E-state index is 11.7. The fourth-order valence-electron chi connectivity index (χ4n) is 3.74. The number of rotatable bonds is 6. The minimum absolute atomic E-state index is 0.315. The number of fused-ring (bicyclic) bond motifs is 2. The standard InChI is InChI=1S/C21H19BN6O4/c23-19(29)16-6-2-5-15-17(25-11-28(15)16)20-26-14-7-8-32-18(14)21(27-20)24-10-12-3-1-4-13(9-12)22(30)31/h1-6,9,11,30-31H,7-8,10H2,(H2,23,29)(H,24,26,27). The number of nitrogens with zero attached hydrogens (tertiary/aromatic N) is 4. The average molecular weight is 430 g/mol. The summed E-state index contributed by atoms with van der Waals surface area (Å²) in [6.45, 7) is 0.896. The van der Waals surface area contributed by atoms with Crippen LogP contribution in [0.2, 0.25) is 0 Å². The molecule has 11 heteroatoms. The van der Waals surface area contributed by atoms with Crippen molar-refractivity contribution in [3.63, 3.8) is 0 Å². The number of carbonyl (C=O) groups is 1. The minimum atomic E-state index is -1.53. The number of aromatic nitrogens is 4. The maximum absolute atomic E-state index is 11.7. The Labute approximate surface area is 182 Å². The van der Waals surface area contributed by atoms with E-state index < -0.39 is 13.0 Å². The van der Waals surface area contributed by atoms with Gasteiger partial charge in [0.05, 0.1) is 17.8 Å². The third kappa shape index (κ3) is 3.53. The normalized spacial score (nSPS) is 12.4. The number of imidazole rings is 1. The summed E-state index contributed by atoms with van der Waals surface area (Å²) >= 11 is 0. The number of hydrogen-bond acceptors (Lipinski definition) is 8. The molecule has 5 rings (SSSR count). The van der Waals surface area contributed by atoms with E-state index in [4.69, 9.17) is 10.5 Å². The number of primary amides is 1. The number of benzene rings is 1. The van der Waals surface area contributed by atoms with Crippen LogP contribution in [0.4, 0.5) is 5.82 Å². The van der Waals surface area contributed by atoms with Crippen LogP contribution in [0.1, 0.15) is 21.7 Å². The van der Waals surface area contributed by atoms with Crippen LogP contribution in [-0.4, -0.2) is 49.0 Å². The Morgan fingerprint density at radius 1 is 1.22 bits per heavy atom. The van der Waals surface area contributed by atoms with Crippen molar-refractivity contribution in [2.75, 3.05) is 11.9 Å². The van der Waals surface area contributed by atoms with Crippen molar-refractivity contribution in [1.29, 1.82) is 0 Å². The second kappa shape index (κ2) is 7.95. The van der Waals surface area contributed by atoms with Crippen molar-refractivity contribution >= 4 is 29.8 Å². The van der Waals surface area contributed by atoms with E-state index in [0.29, 0.717) is 59.3 Å². The van der Waals surface area contributed by atoms with Gasteiger partial charge >= 0.3 is 7.12 Å². The highest BCUT2D eigenvalue weighted by molar-refractivity contribution is 6.58. The lowest BCUT2D eigenvalue weighted by Gasteiger charge is -2.12. The second-order valence-corrected chi connectivity index (χ2v) is 7.37. The van der Waals surface area contributed by atoms with Gasteiger partial charge in [-0.05, 0) is 23.2 Å².